The topological polar surface area (TPSA) is 0 Å². The lowest BCUT2D eigenvalue weighted by Crippen LogP contribution is -2.41. The highest BCUT2D eigenvalue weighted by atomic mass is 14.1. The molecule has 1 aliphatic heterocycles. The number of rotatable bonds is 0. The Kier molecular flexibility index (Phi) is 5.49. The molecule has 0 atom stereocenters. The molecule has 0 saturated carbocycles. The summed E-state index contributed by atoms with van der Waals surface area (Å²) in [5.74, 6) is 13.1. The fourth-order valence-corrected chi connectivity index (χ4v) is 4.06. The van der Waals surface area contributed by atoms with E-state index in [4.69, 9.17) is 0 Å². The molecular weight excluding hydrogens is 383 g/mol. The van der Waals surface area contributed by atoms with Crippen LogP contribution in [0, 0.1) is 23.7 Å². The quantitative estimate of drug-likeness (QED) is 0.279. The largest absolute Gasteiger partial charge is 0.207 e. The molecule has 148 valence electrons. The van der Waals surface area contributed by atoms with E-state index >= 15 is 0 Å². The summed E-state index contributed by atoms with van der Waals surface area (Å²) < 4.78 is 0. The van der Waals surface area contributed by atoms with E-state index in [-0.39, 0.29) is 0 Å². The predicted octanol–water partition coefficient (Wildman–Crippen LogP) is 5.21. The maximum atomic E-state index is 3.31. The van der Waals surface area contributed by atoms with Gasteiger partial charge in [-0.1, -0.05) is 102 Å². The van der Waals surface area contributed by atoms with Crippen molar-refractivity contribution in [2.75, 3.05) is 0 Å². The van der Waals surface area contributed by atoms with Crippen LogP contribution in [-0.4, -0.2) is 6.71 Å². The minimum absolute atomic E-state index is 0.308. The number of benzene rings is 4. The first-order valence-electron chi connectivity index (χ1n) is 10.9. The van der Waals surface area contributed by atoms with Crippen molar-refractivity contribution in [2.24, 2.45) is 0 Å². The Morgan fingerprint density at radius 2 is 0.875 bits per heavy atom. The molecule has 4 aromatic rings. The molecule has 0 aliphatic carbocycles. The van der Waals surface area contributed by atoms with Crippen LogP contribution in [0.4, 0.5) is 0 Å². The van der Waals surface area contributed by atoms with Crippen LogP contribution in [0.15, 0.2) is 97.1 Å². The minimum Gasteiger partial charge on any atom is -0.0774 e. The molecule has 0 N–H and O–H groups in total. The molecule has 0 saturated heterocycles. The van der Waals surface area contributed by atoms with Gasteiger partial charge in [0.15, 0.2) is 0 Å². The SMILES string of the molecule is CB1c2ccc(C#Cc3ccccc3)cc2C=Cc2cc(C#Cc3ccccc3)ccc21. The summed E-state index contributed by atoms with van der Waals surface area (Å²) in [5, 5.41) is 0. The Hall–Kier alpha value is -4.20. The standard InChI is InChI=1S/C31H21B/c1-32-30-20-16-26(14-12-24-8-4-2-5-9-24)22-28(30)18-19-29-23-27(17-21-31(29)32)15-13-25-10-6-3-7-11-25/h2-11,16-23H,1H3. The van der Waals surface area contributed by atoms with Gasteiger partial charge in [0.25, 0.3) is 0 Å². The normalized spacial score (nSPS) is 11.2. The number of fused-ring (bicyclic) bond motifs is 2. The molecule has 0 amide bonds. The van der Waals surface area contributed by atoms with E-state index in [1.165, 1.54) is 22.1 Å². The van der Waals surface area contributed by atoms with E-state index in [1.54, 1.807) is 0 Å². The van der Waals surface area contributed by atoms with E-state index in [0.29, 0.717) is 6.71 Å². The molecule has 0 unspecified atom stereocenters. The van der Waals surface area contributed by atoms with E-state index in [2.05, 4.69) is 79.1 Å². The molecule has 0 spiro atoms. The van der Waals surface area contributed by atoms with Crippen LogP contribution in [0.3, 0.4) is 0 Å². The van der Waals surface area contributed by atoms with Gasteiger partial charge in [-0.05, 0) is 59.7 Å². The smallest absolute Gasteiger partial charge is 0.0774 e. The molecule has 4 aromatic carbocycles. The zero-order valence-electron chi connectivity index (χ0n) is 18.0. The summed E-state index contributed by atoms with van der Waals surface area (Å²) >= 11 is 0. The highest BCUT2D eigenvalue weighted by molar-refractivity contribution is 6.85. The zero-order valence-corrected chi connectivity index (χ0v) is 18.0. The average Bonchev–Trinajstić information content (AvgIpc) is 2.99. The summed E-state index contributed by atoms with van der Waals surface area (Å²) in [7, 11) is 0. The van der Waals surface area contributed by atoms with Gasteiger partial charge >= 0.3 is 0 Å². The van der Waals surface area contributed by atoms with Gasteiger partial charge in [-0.2, -0.15) is 0 Å². The molecule has 32 heavy (non-hydrogen) atoms. The van der Waals surface area contributed by atoms with Crippen molar-refractivity contribution in [2.45, 2.75) is 6.82 Å². The van der Waals surface area contributed by atoms with Crippen molar-refractivity contribution in [3.63, 3.8) is 0 Å². The highest BCUT2D eigenvalue weighted by Crippen LogP contribution is 2.15. The molecule has 0 fully saturated rings. The first-order chi connectivity index (χ1) is 15.8. The number of hydrogen-bond donors (Lipinski definition) is 0. The third kappa shape index (κ3) is 4.29. The Morgan fingerprint density at radius 3 is 1.31 bits per heavy atom. The fourth-order valence-electron chi connectivity index (χ4n) is 4.06. The second-order valence-electron chi connectivity index (χ2n) is 7.97. The summed E-state index contributed by atoms with van der Waals surface area (Å²) in [6.45, 7) is 2.58. The molecule has 0 nitrogen and oxygen atoms in total. The average molecular weight is 404 g/mol. The Morgan fingerprint density at radius 1 is 0.469 bits per heavy atom. The molecule has 1 heterocycles. The van der Waals surface area contributed by atoms with Gasteiger partial charge < -0.3 is 0 Å². The van der Waals surface area contributed by atoms with E-state index in [0.717, 1.165) is 22.3 Å². The third-order valence-electron chi connectivity index (χ3n) is 5.80. The predicted molar refractivity (Wildman–Crippen MR) is 138 cm³/mol. The summed E-state index contributed by atoms with van der Waals surface area (Å²) in [4.78, 5) is 0. The lowest BCUT2D eigenvalue weighted by atomic mass is 9.41. The van der Waals surface area contributed by atoms with Crippen LogP contribution in [-0.2, 0) is 0 Å². The van der Waals surface area contributed by atoms with Crippen molar-refractivity contribution >= 4 is 29.8 Å². The van der Waals surface area contributed by atoms with Gasteiger partial charge in [0.1, 0.15) is 0 Å². The minimum atomic E-state index is 0.308. The number of hydrogen-bond acceptors (Lipinski definition) is 0. The first kappa shape index (κ1) is 19.7. The van der Waals surface area contributed by atoms with Crippen molar-refractivity contribution in [1.82, 2.24) is 0 Å². The second kappa shape index (κ2) is 8.89. The Balaban J connectivity index is 1.46. The third-order valence-corrected chi connectivity index (χ3v) is 5.80. The van der Waals surface area contributed by atoms with Crippen molar-refractivity contribution in [3.05, 3.63) is 130 Å². The molecule has 1 heteroatoms. The van der Waals surface area contributed by atoms with Gasteiger partial charge in [-0.3, -0.25) is 0 Å². The van der Waals surface area contributed by atoms with Gasteiger partial charge in [-0.15, -0.1) is 0 Å². The fraction of sp³-hybridized carbons (Fsp3) is 0.0323. The van der Waals surface area contributed by atoms with E-state index in [1.807, 2.05) is 60.7 Å². The molecule has 0 aromatic heterocycles. The lowest BCUT2D eigenvalue weighted by molar-refractivity contribution is 1.62. The van der Waals surface area contributed by atoms with Crippen LogP contribution in [0.2, 0.25) is 6.82 Å². The summed E-state index contributed by atoms with van der Waals surface area (Å²) in [6.07, 6.45) is 4.42. The second-order valence-corrected chi connectivity index (χ2v) is 7.97. The molecule has 5 rings (SSSR count). The van der Waals surface area contributed by atoms with Gasteiger partial charge in [-0.25, -0.2) is 0 Å². The maximum Gasteiger partial charge on any atom is 0.207 e. The van der Waals surface area contributed by atoms with Crippen molar-refractivity contribution in [1.29, 1.82) is 0 Å². The Bertz CT molecular complexity index is 1310. The van der Waals surface area contributed by atoms with Crippen LogP contribution >= 0.6 is 0 Å². The molecular formula is C31H21B. The van der Waals surface area contributed by atoms with Crippen LogP contribution < -0.4 is 10.9 Å². The van der Waals surface area contributed by atoms with E-state index < -0.39 is 0 Å². The molecule has 1 aliphatic rings. The van der Waals surface area contributed by atoms with Crippen molar-refractivity contribution < 1.29 is 0 Å². The maximum absolute atomic E-state index is 3.31. The zero-order chi connectivity index (χ0) is 21.8. The molecule has 0 bridgehead atoms. The summed E-state index contributed by atoms with van der Waals surface area (Å²) in [6, 6.07) is 33.3. The van der Waals surface area contributed by atoms with Gasteiger partial charge in [0.05, 0.1) is 0 Å². The molecule has 0 radical (unpaired) electrons. The van der Waals surface area contributed by atoms with Crippen LogP contribution in [0.5, 0.6) is 0 Å². The van der Waals surface area contributed by atoms with Gasteiger partial charge in [0, 0.05) is 22.3 Å². The monoisotopic (exact) mass is 404 g/mol. The van der Waals surface area contributed by atoms with Crippen LogP contribution in [0.25, 0.3) is 12.2 Å². The summed E-state index contributed by atoms with van der Waals surface area (Å²) in [5.41, 5.74) is 9.23. The van der Waals surface area contributed by atoms with Crippen LogP contribution in [0.1, 0.15) is 33.4 Å². The van der Waals surface area contributed by atoms with E-state index in [9.17, 15) is 0 Å². The van der Waals surface area contributed by atoms with Crippen molar-refractivity contribution in [3.8, 4) is 23.7 Å². The Labute approximate surface area is 190 Å². The first-order valence-corrected chi connectivity index (χ1v) is 10.9. The highest BCUT2D eigenvalue weighted by Gasteiger charge is 2.20. The van der Waals surface area contributed by atoms with Gasteiger partial charge in [0.2, 0.25) is 6.71 Å². The lowest BCUT2D eigenvalue weighted by Gasteiger charge is -2.13.